The summed E-state index contributed by atoms with van der Waals surface area (Å²) in [4.78, 5) is 65.3. The van der Waals surface area contributed by atoms with Crippen molar-refractivity contribution in [2.45, 2.75) is 39.2 Å². The molecule has 1 atom stereocenters. The lowest BCUT2D eigenvalue weighted by atomic mass is 10.1. The molecule has 156 valence electrons. The van der Waals surface area contributed by atoms with E-state index in [9.17, 15) is 24.0 Å². The maximum atomic E-state index is 12.6. The molecule has 0 aliphatic carbocycles. The van der Waals surface area contributed by atoms with E-state index in [0.717, 1.165) is 0 Å². The molecule has 10 nitrogen and oxygen atoms in total. The van der Waals surface area contributed by atoms with Crippen LogP contribution < -0.4 is 0 Å². The van der Waals surface area contributed by atoms with Crippen molar-refractivity contribution in [3.05, 3.63) is 0 Å². The number of hydrogen-bond donors (Lipinski definition) is 1. The third-order valence-electron chi connectivity index (χ3n) is 5.31. The van der Waals surface area contributed by atoms with Crippen LogP contribution in [0, 0.1) is 0 Å². The minimum absolute atomic E-state index is 0.141. The molecule has 0 bridgehead atoms. The zero-order valence-corrected chi connectivity index (χ0v) is 16.4. The highest BCUT2D eigenvalue weighted by Crippen LogP contribution is 2.18. The SMILES string of the molecule is CCN1CCN(CC(=O)N2CCCC(N(CC(=O)O)C(C)=O)CC2)C(=O)C1=O. The van der Waals surface area contributed by atoms with Crippen molar-refractivity contribution >= 4 is 29.6 Å². The van der Waals surface area contributed by atoms with Crippen LogP contribution in [0.25, 0.3) is 0 Å². The highest BCUT2D eigenvalue weighted by Gasteiger charge is 2.34. The van der Waals surface area contributed by atoms with E-state index < -0.39 is 17.8 Å². The number of nitrogens with zero attached hydrogens (tertiary/aromatic N) is 4. The highest BCUT2D eigenvalue weighted by atomic mass is 16.4. The lowest BCUT2D eigenvalue weighted by molar-refractivity contribution is -0.157. The number of likely N-dealkylation sites (N-methyl/N-ethyl adjacent to an activating group) is 1. The maximum Gasteiger partial charge on any atom is 0.323 e. The predicted molar refractivity (Wildman–Crippen MR) is 98.1 cm³/mol. The first-order valence-corrected chi connectivity index (χ1v) is 9.59. The van der Waals surface area contributed by atoms with Crippen LogP contribution in [0.3, 0.4) is 0 Å². The van der Waals surface area contributed by atoms with Gasteiger partial charge in [0.15, 0.2) is 0 Å². The number of hydrogen-bond acceptors (Lipinski definition) is 5. The van der Waals surface area contributed by atoms with Gasteiger partial charge in [-0.3, -0.25) is 24.0 Å². The van der Waals surface area contributed by atoms with Gasteiger partial charge >= 0.3 is 17.8 Å². The minimum atomic E-state index is -1.07. The van der Waals surface area contributed by atoms with Crippen molar-refractivity contribution in [3.8, 4) is 0 Å². The van der Waals surface area contributed by atoms with Crippen molar-refractivity contribution in [1.82, 2.24) is 19.6 Å². The number of aliphatic carboxylic acids is 1. The third kappa shape index (κ3) is 5.20. The van der Waals surface area contributed by atoms with Crippen molar-refractivity contribution in [3.63, 3.8) is 0 Å². The smallest absolute Gasteiger partial charge is 0.323 e. The quantitative estimate of drug-likeness (QED) is 0.575. The average Bonchev–Trinajstić information content (AvgIpc) is 2.89. The number of carbonyl (C=O) groups is 5. The summed E-state index contributed by atoms with van der Waals surface area (Å²) in [6.45, 7) is 4.71. The number of carboxylic acids is 1. The highest BCUT2D eigenvalue weighted by molar-refractivity contribution is 6.35. The van der Waals surface area contributed by atoms with E-state index in [1.165, 1.54) is 21.6 Å². The van der Waals surface area contributed by atoms with E-state index in [1.54, 1.807) is 11.8 Å². The lowest BCUT2D eigenvalue weighted by Gasteiger charge is -2.34. The Balaban J connectivity index is 1.93. The molecule has 0 spiro atoms. The van der Waals surface area contributed by atoms with Crippen LogP contribution in [0.2, 0.25) is 0 Å². The van der Waals surface area contributed by atoms with E-state index in [0.29, 0.717) is 52.0 Å². The fraction of sp³-hybridized carbons (Fsp3) is 0.722. The first-order valence-electron chi connectivity index (χ1n) is 9.59. The predicted octanol–water partition coefficient (Wildman–Crippen LogP) is -1.01. The molecule has 28 heavy (non-hydrogen) atoms. The Morgan fingerprint density at radius 3 is 2.29 bits per heavy atom. The maximum absolute atomic E-state index is 12.6. The number of likely N-dealkylation sites (tertiary alicyclic amines) is 1. The largest absolute Gasteiger partial charge is 0.480 e. The summed E-state index contributed by atoms with van der Waals surface area (Å²) in [5.41, 5.74) is 0. The topological polar surface area (TPSA) is 119 Å². The van der Waals surface area contributed by atoms with Gasteiger partial charge in [0.1, 0.15) is 13.1 Å². The Morgan fingerprint density at radius 2 is 1.68 bits per heavy atom. The Hall–Kier alpha value is -2.65. The molecule has 0 saturated carbocycles. The van der Waals surface area contributed by atoms with Crippen molar-refractivity contribution in [2.24, 2.45) is 0 Å². The second-order valence-electron chi connectivity index (χ2n) is 7.12. The van der Waals surface area contributed by atoms with Gasteiger partial charge in [-0.2, -0.15) is 0 Å². The van der Waals surface area contributed by atoms with Gasteiger partial charge in [-0.1, -0.05) is 0 Å². The Bertz CT molecular complexity index is 652. The molecule has 2 aliphatic rings. The summed E-state index contributed by atoms with van der Waals surface area (Å²) in [5.74, 6) is -2.84. The van der Waals surface area contributed by atoms with Crippen molar-refractivity contribution in [1.29, 1.82) is 0 Å². The van der Waals surface area contributed by atoms with Gasteiger partial charge in [0.25, 0.3) is 0 Å². The first-order chi connectivity index (χ1) is 13.2. The first kappa shape index (κ1) is 21.6. The molecule has 1 N–H and O–H groups in total. The standard InChI is InChI=1S/C18H28N4O6/c1-3-19-9-10-21(18(28)17(19)27)11-15(24)20-7-4-5-14(6-8-20)22(13(2)23)12-16(25)26/h14H,3-12H2,1-2H3,(H,25,26). The average molecular weight is 396 g/mol. The van der Waals surface area contributed by atoms with E-state index >= 15 is 0 Å². The van der Waals surface area contributed by atoms with E-state index in [4.69, 9.17) is 5.11 Å². The molecular weight excluding hydrogens is 368 g/mol. The summed E-state index contributed by atoms with van der Waals surface area (Å²) in [7, 11) is 0. The molecule has 2 aliphatic heterocycles. The molecule has 10 heteroatoms. The van der Waals surface area contributed by atoms with E-state index in [2.05, 4.69) is 0 Å². The Morgan fingerprint density at radius 1 is 1.04 bits per heavy atom. The summed E-state index contributed by atoms with van der Waals surface area (Å²) in [5, 5.41) is 9.01. The molecule has 2 heterocycles. The molecule has 1 unspecified atom stereocenters. The summed E-state index contributed by atoms with van der Waals surface area (Å²) in [6.07, 6.45) is 1.73. The number of carbonyl (C=O) groups excluding carboxylic acids is 4. The summed E-state index contributed by atoms with van der Waals surface area (Å²) < 4.78 is 0. The Labute approximate surface area is 164 Å². The zero-order valence-electron chi connectivity index (χ0n) is 16.4. The number of amides is 4. The Kier molecular flexibility index (Phi) is 7.36. The second kappa shape index (κ2) is 9.52. The molecule has 2 saturated heterocycles. The molecule has 2 fully saturated rings. The van der Waals surface area contributed by atoms with Crippen LogP contribution in [-0.2, 0) is 24.0 Å². The monoisotopic (exact) mass is 396 g/mol. The van der Waals surface area contributed by atoms with Gasteiger partial charge in [0, 0.05) is 45.7 Å². The van der Waals surface area contributed by atoms with Gasteiger partial charge in [-0.25, -0.2) is 0 Å². The van der Waals surface area contributed by atoms with Gasteiger partial charge in [0.05, 0.1) is 0 Å². The normalized spacial score (nSPS) is 20.8. The number of carboxylic acid groups (broad SMARTS) is 1. The molecule has 4 amide bonds. The minimum Gasteiger partial charge on any atom is -0.480 e. The van der Waals surface area contributed by atoms with Crippen LogP contribution in [0.5, 0.6) is 0 Å². The summed E-state index contributed by atoms with van der Waals surface area (Å²) in [6, 6.07) is -0.234. The zero-order chi connectivity index (χ0) is 20.8. The molecule has 0 radical (unpaired) electrons. The van der Waals surface area contributed by atoms with Crippen LogP contribution in [0.15, 0.2) is 0 Å². The number of rotatable bonds is 6. The van der Waals surface area contributed by atoms with Crippen LogP contribution in [0.1, 0.15) is 33.1 Å². The molecule has 0 aromatic carbocycles. The molecule has 0 aromatic heterocycles. The van der Waals surface area contributed by atoms with E-state index in [1.807, 2.05) is 0 Å². The van der Waals surface area contributed by atoms with Crippen LogP contribution >= 0.6 is 0 Å². The van der Waals surface area contributed by atoms with E-state index in [-0.39, 0.29) is 30.9 Å². The fourth-order valence-electron chi connectivity index (χ4n) is 3.71. The van der Waals surface area contributed by atoms with Gasteiger partial charge < -0.3 is 24.7 Å². The van der Waals surface area contributed by atoms with Gasteiger partial charge in [-0.05, 0) is 26.2 Å². The van der Waals surface area contributed by atoms with Gasteiger partial charge in [-0.15, -0.1) is 0 Å². The van der Waals surface area contributed by atoms with Crippen molar-refractivity contribution < 1.29 is 29.1 Å². The van der Waals surface area contributed by atoms with Crippen LogP contribution in [-0.4, -0.2) is 106 Å². The second-order valence-corrected chi connectivity index (χ2v) is 7.12. The fourth-order valence-corrected chi connectivity index (χ4v) is 3.71. The van der Waals surface area contributed by atoms with Crippen molar-refractivity contribution in [2.75, 3.05) is 45.8 Å². The number of piperazine rings is 1. The van der Waals surface area contributed by atoms with Crippen LogP contribution in [0.4, 0.5) is 0 Å². The lowest BCUT2D eigenvalue weighted by Crippen LogP contribution is -2.56. The molecular formula is C18H28N4O6. The third-order valence-corrected chi connectivity index (χ3v) is 5.31. The summed E-state index contributed by atoms with van der Waals surface area (Å²) >= 11 is 0. The molecule has 2 rings (SSSR count). The van der Waals surface area contributed by atoms with Gasteiger partial charge in [0.2, 0.25) is 11.8 Å². The molecule has 0 aromatic rings.